The Bertz CT molecular complexity index is 521. The van der Waals surface area contributed by atoms with Gasteiger partial charge in [-0.1, -0.05) is 0 Å². The van der Waals surface area contributed by atoms with Crippen LogP contribution in [-0.4, -0.2) is 27.8 Å². The van der Waals surface area contributed by atoms with Gasteiger partial charge < -0.3 is 10.5 Å². The Labute approximate surface area is 91.7 Å². The molecule has 6 nitrogen and oxygen atoms in total. The second-order valence-corrected chi connectivity index (χ2v) is 3.05. The first-order chi connectivity index (χ1) is 7.72. The number of methoxy groups -OCH3 is 1. The van der Waals surface area contributed by atoms with E-state index in [1.807, 2.05) is 0 Å². The van der Waals surface area contributed by atoms with Gasteiger partial charge in [-0.2, -0.15) is 5.10 Å². The number of anilines is 1. The Kier molecular flexibility index (Phi) is 2.55. The number of hydrogen-bond acceptors (Lipinski definition) is 5. The van der Waals surface area contributed by atoms with Gasteiger partial charge in [0.2, 0.25) is 0 Å². The Balaban J connectivity index is 2.39. The topological polar surface area (TPSA) is 83.0 Å². The molecule has 0 aliphatic rings. The number of pyridine rings is 1. The normalized spacial score (nSPS) is 10.1. The van der Waals surface area contributed by atoms with Crippen LogP contribution in [0.1, 0.15) is 10.5 Å². The van der Waals surface area contributed by atoms with Gasteiger partial charge in [0.05, 0.1) is 12.8 Å². The number of hydrogen-bond donors (Lipinski definition) is 1. The fraction of sp³-hybridized carbons (Fsp3) is 0.100. The molecule has 2 heterocycles. The molecule has 0 atom stereocenters. The van der Waals surface area contributed by atoms with E-state index in [1.165, 1.54) is 11.8 Å². The van der Waals surface area contributed by atoms with Crippen molar-refractivity contribution in [3.63, 3.8) is 0 Å². The number of rotatable bonds is 2. The summed E-state index contributed by atoms with van der Waals surface area (Å²) in [5.74, 6) is -0.00842. The van der Waals surface area contributed by atoms with E-state index in [0.717, 1.165) is 0 Å². The fourth-order valence-corrected chi connectivity index (χ4v) is 1.26. The number of ether oxygens (including phenoxy) is 1. The third-order valence-electron chi connectivity index (χ3n) is 2.02. The van der Waals surface area contributed by atoms with E-state index < -0.39 is 5.97 Å². The van der Waals surface area contributed by atoms with Gasteiger partial charge in [0.1, 0.15) is 0 Å². The van der Waals surface area contributed by atoms with E-state index in [0.29, 0.717) is 11.5 Å². The highest BCUT2D eigenvalue weighted by molar-refractivity contribution is 5.87. The molecule has 0 bridgehead atoms. The number of esters is 1. The minimum atomic E-state index is -0.492. The van der Waals surface area contributed by atoms with Gasteiger partial charge in [0.25, 0.3) is 0 Å². The second-order valence-electron chi connectivity index (χ2n) is 3.05. The predicted molar refractivity (Wildman–Crippen MR) is 57.1 cm³/mol. The van der Waals surface area contributed by atoms with Crippen LogP contribution in [-0.2, 0) is 4.74 Å². The van der Waals surface area contributed by atoms with Crippen LogP contribution >= 0.6 is 0 Å². The van der Waals surface area contributed by atoms with Crippen molar-refractivity contribution >= 4 is 11.7 Å². The number of nitrogens with two attached hydrogens (primary N) is 1. The Hall–Kier alpha value is -2.37. The molecule has 0 fully saturated rings. The van der Waals surface area contributed by atoms with Gasteiger partial charge in [-0.25, -0.2) is 14.5 Å². The van der Waals surface area contributed by atoms with Crippen molar-refractivity contribution in [1.29, 1.82) is 0 Å². The number of nitrogen functional groups attached to an aromatic ring is 1. The van der Waals surface area contributed by atoms with Crippen LogP contribution in [0, 0.1) is 0 Å². The van der Waals surface area contributed by atoms with Crippen molar-refractivity contribution in [3.8, 4) is 5.82 Å². The third-order valence-corrected chi connectivity index (χ3v) is 2.02. The molecule has 2 aromatic rings. The number of carbonyl (C=O) groups excluding carboxylic acids is 1. The second kappa shape index (κ2) is 4.01. The zero-order valence-corrected chi connectivity index (χ0v) is 8.62. The van der Waals surface area contributed by atoms with Crippen LogP contribution < -0.4 is 5.73 Å². The highest BCUT2D eigenvalue weighted by Gasteiger charge is 2.11. The smallest absolute Gasteiger partial charge is 0.358 e. The van der Waals surface area contributed by atoms with Crippen molar-refractivity contribution in [2.45, 2.75) is 0 Å². The van der Waals surface area contributed by atoms with Gasteiger partial charge >= 0.3 is 5.97 Å². The van der Waals surface area contributed by atoms with Gasteiger partial charge in [-0.15, -0.1) is 0 Å². The van der Waals surface area contributed by atoms with Crippen LogP contribution in [0.4, 0.5) is 5.69 Å². The lowest BCUT2D eigenvalue weighted by Crippen LogP contribution is -2.06. The maximum Gasteiger partial charge on any atom is 0.358 e. The minimum Gasteiger partial charge on any atom is -0.464 e. The largest absolute Gasteiger partial charge is 0.464 e. The summed E-state index contributed by atoms with van der Waals surface area (Å²) in [5, 5.41) is 4.01. The molecule has 16 heavy (non-hydrogen) atoms. The third kappa shape index (κ3) is 1.72. The fourth-order valence-electron chi connectivity index (χ4n) is 1.26. The number of carbonyl (C=O) groups is 1. The molecule has 0 radical (unpaired) electrons. The van der Waals surface area contributed by atoms with E-state index in [4.69, 9.17) is 5.73 Å². The van der Waals surface area contributed by atoms with Gasteiger partial charge in [-0.05, 0) is 18.2 Å². The highest BCUT2D eigenvalue weighted by Crippen LogP contribution is 2.12. The lowest BCUT2D eigenvalue weighted by atomic mass is 10.4. The average Bonchev–Trinajstić information content (AvgIpc) is 2.78. The van der Waals surface area contributed by atoms with Gasteiger partial charge in [0, 0.05) is 12.4 Å². The molecule has 0 saturated carbocycles. The minimum absolute atomic E-state index is 0.215. The lowest BCUT2D eigenvalue weighted by molar-refractivity contribution is 0.0593. The van der Waals surface area contributed by atoms with Gasteiger partial charge in [0.15, 0.2) is 11.5 Å². The van der Waals surface area contributed by atoms with Crippen LogP contribution in [0.5, 0.6) is 0 Å². The average molecular weight is 218 g/mol. The van der Waals surface area contributed by atoms with Gasteiger partial charge in [-0.3, -0.25) is 0 Å². The number of nitrogens with zero attached hydrogens (tertiary/aromatic N) is 3. The standard InChI is InChI=1S/C10H10N4O2/c1-16-10(15)8-4-6-14(13-8)9-7(11)3-2-5-12-9/h2-6H,11H2,1H3. The first-order valence-corrected chi connectivity index (χ1v) is 4.57. The van der Waals surface area contributed by atoms with Crippen LogP contribution in [0.3, 0.4) is 0 Å². The molecule has 2 N–H and O–H groups in total. The van der Waals surface area contributed by atoms with E-state index in [-0.39, 0.29) is 5.69 Å². The first-order valence-electron chi connectivity index (χ1n) is 4.57. The monoisotopic (exact) mass is 218 g/mol. The summed E-state index contributed by atoms with van der Waals surface area (Å²) in [7, 11) is 1.30. The number of aromatic nitrogens is 3. The molecular formula is C10H10N4O2. The van der Waals surface area contributed by atoms with Crippen molar-refractivity contribution in [2.75, 3.05) is 12.8 Å². The zero-order valence-electron chi connectivity index (χ0n) is 8.62. The summed E-state index contributed by atoms with van der Waals surface area (Å²) in [6, 6.07) is 4.98. The van der Waals surface area contributed by atoms with Crippen LogP contribution in [0.2, 0.25) is 0 Å². The van der Waals surface area contributed by atoms with Crippen LogP contribution in [0.25, 0.3) is 5.82 Å². The lowest BCUT2D eigenvalue weighted by Gasteiger charge is -2.02. The molecule has 0 amide bonds. The molecule has 0 spiro atoms. The molecule has 2 aromatic heterocycles. The van der Waals surface area contributed by atoms with E-state index in [1.54, 1.807) is 30.6 Å². The molecule has 82 valence electrons. The molecule has 2 rings (SSSR count). The van der Waals surface area contributed by atoms with Crippen molar-refractivity contribution in [3.05, 3.63) is 36.3 Å². The van der Waals surface area contributed by atoms with Crippen molar-refractivity contribution in [2.24, 2.45) is 0 Å². The molecule has 0 aliphatic heterocycles. The summed E-state index contributed by atoms with van der Waals surface area (Å²) >= 11 is 0. The summed E-state index contributed by atoms with van der Waals surface area (Å²) < 4.78 is 5.98. The summed E-state index contributed by atoms with van der Waals surface area (Å²) in [4.78, 5) is 15.3. The maximum atomic E-state index is 11.2. The molecule has 0 aliphatic carbocycles. The van der Waals surface area contributed by atoms with Crippen LogP contribution in [0.15, 0.2) is 30.6 Å². The predicted octanol–water partition coefficient (Wildman–Crippen LogP) is 0.636. The Morgan fingerprint density at radius 2 is 2.31 bits per heavy atom. The quantitative estimate of drug-likeness (QED) is 0.748. The Morgan fingerprint density at radius 3 is 3.00 bits per heavy atom. The first kappa shape index (κ1) is 10.2. The van der Waals surface area contributed by atoms with Crippen molar-refractivity contribution in [1.82, 2.24) is 14.8 Å². The Morgan fingerprint density at radius 1 is 1.50 bits per heavy atom. The molecule has 0 unspecified atom stereocenters. The van der Waals surface area contributed by atoms with E-state index in [2.05, 4.69) is 14.8 Å². The zero-order chi connectivity index (χ0) is 11.5. The molecule has 0 aromatic carbocycles. The molecule has 6 heteroatoms. The van der Waals surface area contributed by atoms with E-state index in [9.17, 15) is 4.79 Å². The van der Waals surface area contributed by atoms with E-state index >= 15 is 0 Å². The molecule has 0 saturated heterocycles. The summed E-state index contributed by atoms with van der Waals surface area (Å²) in [5.41, 5.74) is 6.43. The highest BCUT2D eigenvalue weighted by atomic mass is 16.5. The summed E-state index contributed by atoms with van der Waals surface area (Å²) in [6.07, 6.45) is 3.20. The SMILES string of the molecule is COC(=O)c1ccn(-c2ncccc2N)n1. The maximum absolute atomic E-state index is 11.2. The summed E-state index contributed by atoms with van der Waals surface area (Å²) in [6.45, 7) is 0. The van der Waals surface area contributed by atoms with Crippen molar-refractivity contribution < 1.29 is 9.53 Å². The molecular weight excluding hydrogens is 208 g/mol.